The van der Waals surface area contributed by atoms with Gasteiger partial charge in [0.2, 0.25) is 0 Å². The lowest BCUT2D eigenvalue weighted by atomic mass is 10.2. The number of nitrogen functional groups attached to an aromatic ring is 1. The van der Waals surface area contributed by atoms with E-state index >= 15 is 0 Å². The lowest BCUT2D eigenvalue weighted by Gasteiger charge is -2.22. The number of aryl methyl sites for hydroxylation is 1. The van der Waals surface area contributed by atoms with Crippen LogP contribution in [0.2, 0.25) is 0 Å². The van der Waals surface area contributed by atoms with E-state index in [0.29, 0.717) is 18.2 Å². The molecule has 1 aromatic carbocycles. The molecule has 1 aromatic heterocycles. The zero-order valence-corrected chi connectivity index (χ0v) is 11.8. The molecule has 0 aliphatic heterocycles. The lowest BCUT2D eigenvalue weighted by Crippen LogP contribution is -2.19. The minimum atomic E-state index is -0.267. The number of hydrogen-bond acceptors (Lipinski definition) is 4. The van der Waals surface area contributed by atoms with Gasteiger partial charge in [0.1, 0.15) is 23.3 Å². The maximum Gasteiger partial charge on any atom is 0.138 e. The van der Waals surface area contributed by atoms with Crippen molar-refractivity contribution in [3.63, 3.8) is 0 Å². The summed E-state index contributed by atoms with van der Waals surface area (Å²) in [7, 11) is 0. The van der Waals surface area contributed by atoms with Gasteiger partial charge in [0.25, 0.3) is 0 Å². The minimum absolute atomic E-state index is 0.267. The largest absolute Gasteiger partial charge is 0.384 e. The second-order valence-corrected chi connectivity index (χ2v) is 4.54. The van der Waals surface area contributed by atoms with Gasteiger partial charge >= 0.3 is 0 Å². The maximum absolute atomic E-state index is 13.4. The zero-order valence-electron chi connectivity index (χ0n) is 11.8. The predicted molar refractivity (Wildman–Crippen MR) is 79.5 cm³/mol. The average molecular weight is 274 g/mol. The van der Waals surface area contributed by atoms with E-state index in [1.807, 2.05) is 17.9 Å². The van der Waals surface area contributed by atoms with Crippen LogP contribution in [0.4, 0.5) is 21.7 Å². The number of rotatable bonds is 5. The van der Waals surface area contributed by atoms with Gasteiger partial charge in [-0.05, 0) is 31.5 Å². The molecule has 4 nitrogen and oxygen atoms in total. The van der Waals surface area contributed by atoms with E-state index in [0.717, 1.165) is 24.4 Å². The summed E-state index contributed by atoms with van der Waals surface area (Å²) in [5.74, 6) is 1.59. The van der Waals surface area contributed by atoms with Crippen LogP contribution in [-0.4, -0.2) is 16.5 Å². The molecule has 0 unspecified atom stereocenters. The third-order valence-electron chi connectivity index (χ3n) is 2.97. The molecule has 2 N–H and O–H groups in total. The molecule has 2 aromatic rings. The quantitative estimate of drug-likeness (QED) is 0.908. The molecule has 0 saturated carbocycles. The van der Waals surface area contributed by atoms with Crippen LogP contribution >= 0.6 is 0 Å². The Labute approximate surface area is 118 Å². The number of nitrogens with two attached hydrogens (primary N) is 1. The number of benzene rings is 1. The molecule has 0 aliphatic carbocycles. The van der Waals surface area contributed by atoms with Gasteiger partial charge in [-0.3, -0.25) is 0 Å². The standard InChI is InChI=1S/C15H19FN4/c1-3-6-14-18-13(17)10-15(19-14)20(4-2)12-8-5-7-11(16)9-12/h5,7-10H,3-4,6H2,1-2H3,(H2,17,18,19). The number of aromatic nitrogens is 2. The van der Waals surface area contributed by atoms with Crippen molar-refractivity contribution >= 4 is 17.3 Å². The van der Waals surface area contributed by atoms with Crippen molar-refractivity contribution in [1.82, 2.24) is 9.97 Å². The number of nitrogens with zero attached hydrogens (tertiary/aromatic N) is 3. The van der Waals surface area contributed by atoms with Crippen LogP contribution in [0.25, 0.3) is 0 Å². The molecule has 20 heavy (non-hydrogen) atoms. The van der Waals surface area contributed by atoms with E-state index in [1.165, 1.54) is 12.1 Å². The first-order valence-electron chi connectivity index (χ1n) is 6.80. The van der Waals surface area contributed by atoms with Crippen LogP contribution in [0.3, 0.4) is 0 Å². The molecule has 0 fully saturated rings. The summed E-state index contributed by atoms with van der Waals surface area (Å²) in [6.45, 7) is 4.73. The van der Waals surface area contributed by atoms with Gasteiger partial charge in [0.15, 0.2) is 0 Å². The normalized spacial score (nSPS) is 10.6. The van der Waals surface area contributed by atoms with Crippen molar-refractivity contribution in [3.8, 4) is 0 Å². The smallest absolute Gasteiger partial charge is 0.138 e. The van der Waals surface area contributed by atoms with Gasteiger partial charge in [-0.15, -0.1) is 0 Å². The molecule has 0 spiro atoms. The Balaban J connectivity index is 2.41. The van der Waals surface area contributed by atoms with Crippen LogP contribution in [0.1, 0.15) is 26.1 Å². The monoisotopic (exact) mass is 274 g/mol. The highest BCUT2D eigenvalue weighted by molar-refractivity contribution is 5.61. The van der Waals surface area contributed by atoms with Gasteiger partial charge in [0, 0.05) is 24.7 Å². The minimum Gasteiger partial charge on any atom is -0.384 e. The fraction of sp³-hybridized carbons (Fsp3) is 0.333. The van der Waals surface area contributed by atoms with Crippen LogP contribution < -0.4 is 10.6 Å². The summed E-state index contributed by atoms with van der Waals surface area (Å²) in [6.07, 6.45) is 1.73. The SMILES string of the molecule is CCCc1nc(N)cc(N(CC)c2cccc(F)c2)n1. The Kier molecular flexibility index (Phi) is 4.50. The molecule has 0 bridgehead atoms. The lowest BCUT2D eigenvalue weighted by molar-refractivity contribution is 0.627. The van der Waals surface area contributed by atoms with Crippen LogP contribution in [-0.2, 0) is 6.42 Å². The maximum atomic E-state index is 13.4. The third-order valence-corrected chi connectivity index (χ3v) is 2.97. The van der Waals surface area contributed by atoms with E-state index in [2.05, 4.69) is 16.9 Å². The molecule has 5 heteroatoms. The van der Waals surface area contributed by atoms with E-state index in [-0.39, 0.29) is 5.82 Å². The first kappa shape index (κ1) is 14.2. The first-order chi connectivity index (χ1) is 9.63. The van der Waals surface area contributed by atoms with Crippen LogP contribution in [0, 0.1) is 5.82 Å². The van der Waals surface area contributed by atoms with Gasteiger partial charge in [-0.25, -0.2) is 14.4 Å². The van der Waals surface area contributed by atoms with Crippen LogP contribution in [0.5, 0.6) is 0 Å². The molecule has 0 saturated heterocycles. The van der Waals surface area contributed by atoms with Crippen molar-refractivity contribution in [3.05, 3.63) is 42.0 Å². The Hall–Kier alpha value is -2.17. The molecule has 0 atom stereocenters. The number of anilines is 3. The highest BCUT2D eigenvalue weighted by Crippen LogP contribution is 2.25. The van der Waals surface area contributed by atoms with Crippen molar-refractivity contribution in [2.24, 2.45) is 0 Å². The number of hydrogen-bond donors (Lipinski definition) is 1. The van der Waals surface area contributed by atoms with Gasteiger partial charge < -0.3 is 10.6 Å². The van der Waals surface area contributed by atoms with Gasteiger partial charge in [-0.1, -0.05) is 13.0 Å². The van der Waals surface area contributed by atoms with Crippen molar-refractivity contribution in [2.75, 3.05) is 17.2 Å². The average Bonchev–Trinajstić information content (AvgIpc) is 2.39. The van der Waals surface area contributed by atoms with Crippen molar-refractivity contribution < 1.29 is 4.39 Å². The van der Waals surface area contributed by atoms with Crippen molar-refractivity contribution in [2.45, 2.75) is 26.7 Å². The third kappa shape index (κ3) is 3.23. The van der Waals surface area contributed by atoms with E-state index in [1.54, 1.807) is 12.1 Å². The first-order valence-corrected chi connectivity index (χ1v) is 6.80. The molecule has 2 rings (SSSR count). The van der Waals surface area contributed by atoms with Gasteiger partial charge in [0.05, 0.1) is 0 Å². The fourth-order valence-corrected chi connectivity index (χ4v) is 2.10. The summed E-state index contributed by atoms with van der Waals surface area (Å²) in [6, 6.07) is 8.16. The topological polar surface area (TPSA) is 55.0 Å². The van der Waals surface area contributed by atoms with Gasteiger partial charge in [-0.2, -0.15) is 0 Å². The fourth-order valence-electron chi connectivity index (χ4n) is 2.10. The number of halogens is 1. The van der Waals surface area contributed by atoms with Crippen LogP contribution in [0.15, 0.2) is 30.3 Å². The van der Waals surface area contributed by atoms with Crippen molar-refractivity contribution in [1.29, 1.82) is 0 Å². The summed E-state index contributed by atoms with van der Waals surface area (Å²) in [5.41, 5.74) is 6.60. The second kappa shape index (κ2) is 6.32. The zero-order chi connectivity index (χ0) is 14.5. The van der Waals surface area contributed by atoms with E-state index < -0.39 is 0 Å². The molecule has 1 heterocycles. The predicted octanol–water partition coefficient (Wildman–Crippen LogP) is 3.31. The summed E-state index contributed by atoms with van der Waals surface area (Å²) < 4.78 is 13.4. The summed E-state index contributed by atoms with van der Waals surface area (Å²) in [5, 5.41) is 0. The molecular weight excluding hydrogens is 255 g/mol. The Morgan fingerprint density at radius 2 is 2.00 bits per heavy atom. The summed E-state index contributed by atoms with van der Waals surface area (Å²) in [4.78, 5) is 10.6. The highest BCUT2D eigenvalue weighted by atomic mass is 19.1. The highest BCUT2D eigenvalue weighted by Gasteiger charge is 2.12. The molecular formula is C15H19FN4. The van der Waals surface area contributed by atoms with E-state index in [9.17, 15) is 4.39 Å². The molecule has 0 aliphatic rings. The summed E-state index contributed by atoms with van der Waals surface area (Å²) >= 11 is 0. The molecule has 106 valence electrons. The molecule has 0 radical (unpaired) electrons. The Bertz CT molecular complexity index is 586. The van der Waals surface area contributed by atoms with E-state index in [4.69, 9.17) is 5.73 Å². The Morgan fingerprint density at radius 3 is 2.65 bits per heavy atom. The second-order valence-electron chi connectivity index (χ2n) is 4.54. The molecule has 0 amide bonds. The Morgan fingerprint density at radius 1 is 1.20 bits per heavy atom.